The number of hydrogen-bond donors (Lipinski definition) is 1. The van der Waals surface area contributed by atoms with Crippen LogP contribution in [0.25, 0.3) is 5.69 Å². The number of amides is 1. The third-order valence-corrected chi connectivity index (χ3v) is 5.33. The molecule has 0 saturated carbocycles. The molecule has 136 valence electrons. The lowest BCUT2D eigenvalue weighted by Crippen LogP contribution is -2.14. The molecule has 4 rings (SSSR count). The van der Waals surface area contributed by atoms with Crippen LogP contribution in [0, 0.1) is 6.92 Å². The van der Waals surface area contributed by atoms with Crippen molar-refractivity contribution in [2.24, 2.45) is 0 Å². The van der Waals surface area contributed by atoms with E-state index in [0.717, 1.165) is 24.3 Å². The van der Waals surface area contributed by atoms with E-state index in [1.807, 2.05) is 76.7 Å². The normalized spacial score (nSPS) is 10.9. The van der Waals surface area contributed by atoms with Crippen molar-refractivity contribution in [1.82, 2.24) is 19.3 Å². The summed E-state index contributed by atoms with van der Waals surface area (Å²) in [6, 6.07) is 11.4. The van der Waals surface area contributed by atoms with Gasteiger partial charge in [0.1, 0.15) is 0 Å². The van der Waals surface area contributed by atoms with Crippen LogP contribution in [0.5, 0.6) is 0 Å². The number of para-hydroxylation sites is 1. The van der Waals surface area contributed by atoms with Gasteiger partial charge in [-0.05, 0) is 31.2 Å². The monoisotopic (exact) mass is 377 g/mol. The maximum absolute atomic E-state index is 12.8. The second kappa shape index (κ2) is 7.59. The highest BCUT2D eigenvalue weighted by atomic mass is 32.1. The summed E-state index contributed by atoms with van der Waals surface area (Å²) in [6.07, 6.45) is 8.25. The van der Waals surface area contributed by atoms with Crippen LogP contribution in [0.15, 0.2) is 66.7 Å². The zero-order valence-corrected chi connectivity index (χ0v) is 15.7. The Kier molecular flexibility index (Phi) is 4.84. The second-order valence-corrected chi connectivity index (χ2v) is 7.10. The number of aromatic nitrogens is 4. The molecule has 1 amide bonds. The minimum absolute atomic E-state index is 0.155. The average Bonchev–Trinajstić information content (AvgIpc) is 3.42. The van der Waals surface area contributed by atoms with Gasteiger partial charge in [-0.1, -0.05) is 12.1 Å². The lowest BCUT2D eigenvalue weighted by atomic mass is 10.1. The topological polar surface area (TPSA) is 64.7 Å². The first-order valence-corrected chi connectivity index (χ1v) is 9.54. The zero-order valence-electron chi connectivity index (χ0n) is 14.9. The molecule has 27 heavy (non-hydrogen) atoms. The Bertz CT molecular complexity index is 1050. The van der Waals surface area contributed by atoms with Crippen molar-refractivity contribution in [3.63, 3.8) is 0 Å². The summed E-state index contributed by atoms with van der Waals surface area (Å²) in [5.41, 5.74) is 5.07. The van der Waals surface area contributed by atoms with E-state index in [9.17, 15) is 4.79 Å². The van der Waals surface area contributed by atoms with Gasteiger partial charge in [0.2, 0.25) is 0 Å². The number of anilines is 1. The molecular formula is C20H19N5OS. The summed E-state index contributed by atoms with van der Waals surface area (Å²) in [6.45, 7) is 2.77. The number of aryl methyl sites for hydroxylation is 3. The van der Waals surface area contributed by atoms with E-state index in [1.54, 1.807) is 17.5 Å². The molecule has 0 unspecified atom stereocenters. The van der Waals surface area contributed by atoms with Crippen LogP contribution in [0.1, 0.15) is 20.9 Å². The number of benzene rings is 1. The Balaban J connectivity index is 1.45. The van der Waals surface area contributed by atoms with Gasteiger partial charge in [0, 0.05) is 36.4 Å². The number of thiazole rings is 1. The summed E-state index contributed by atoms with van der Waals surface area (Å²) in [4.78, 5) is 18.3. The number of rotatable bonds is 6. The second-order valence-electron chi connectivity index (χ2n) is 6.16. The molecule has 0 fully saturated rings. The van der Waals surface area contributed by atoms with Gasteiger partial charge in [-0.25, -0.2) is 4.98 Å². The lowest BCUT2D eigenvalue weighted by Gasteiger charge is -2.10. The summed E-state index contributed by atoms with van der Waals surface area (Å²) < 4.78 is 3.77. The smallest absolute Gasteiger partial charge is 0.257 e. The van der Waals surface area contributed by atoms with Crippen molar-refractivity contribution in [3.8, 4) is 5.69 Å². The summed E-state index contributed by atoms with van der Waals surface area (Å²) in [5.74, 6) is -0.155. The fraction of sp³-hybridized carbons (Fsp3) is 0.150. The fourth-order valence-corrected chi connectivity index (χ4v) is 3.69. The highest BCUT2D eigenvalue weighted by Gasteiger charge is 2.13. The van der Waals surface area contributed by atoms with Crippen molar-refractivity contribution in [2.45, 2.75) is 19.9 Å². The van der Waals surface area contributed by atoms with E-state index >= 15 is 0 Å². The molecule has 0 saturated heterocycles. The van der Waals surface area contributed by atoms with Crippen LogP contribution in [0.3, 0.4) is 0 Å². The van der Waals surface area contributed by atoms with Gasteiger partial charge in [-0.3, -0.25) is 9.48 Å². The van der Waals surface area contributed by atoms with Crippen LogP contribution >= 0.6 is 11.3 Å². The lowest BCUT2D eigenvalue weighted by molar-refractivity contribution is 0.102. The van der Waals surface area contributed by atoms with Crippen molar-refractivity contribution in [3.05, 3.63) is 82.8 Å². The Morgan fingerprint density at radius 1 is 1.19 bits per heavy atom. The summed E-state index contributed by atoms with van der Waals surface area (Å²) in [7, 11) is 0. The number of carbonyl (C=O) groups excluding carboxylic acids is 1. The molecular weight excluding hydrogens is 358 g/mol. The molecule has 3 heterocycles. The minimum Gasteiger partial charge on any atom is -0.323 e. The van der Waals surface area contributed by atoms with E-state index in [-0.39, 0.29) is 5.91 Å². The molecule has 0 aliphatic rings. The standard InChI is InChI=1S/C20H19N5OS/c1-15-19(27-14-21-15)8-11-25-13-16(12-22-25)23-20(26)17-6-2-3-7-18(17)24-9-4-5-10-24/h2-7,9-10,12-14H,8,11H2,1H3,(H,23,26). The van der Waals surface area contributed by atoms with Crippen molar-refractivity contribution in [1.29, 1.82) is 0 Å². The molecule has 4 aromatic rings. The molecule has 0 aliphatic carbocycles. The van der Waals surface area contributed by atoms with Gasteiger partial charge in [-0.2, -0.15) is 5.10 Å². The van der Waals surface area contributed by atoms with Gasteiger partial charge >= 0.3 is 0 Å². The Hall–Kier alpha value is -3.19. The van der Waals surface area contributed by atoms with Crippen LogP contribution in [-0.2, 0) is 13.0 Å². The first-order valence-electron chi connectivity index (χ1n) is 8.66. The highest BCUT2D eigenvalue weighted by molar-refractivity contribution is 7.09. The predicted molar refractivity (Wildman–Crippen MR) is 107 cm³/mol. The first-order chi connectivity index (χ1) is 13.2. The molecule has 0 radical (unpaired) electrons. The molecule has 3 aromatic heterocycles. The number of nitrogens with zero attached hydrogens (tertiary/aromatic N) is 4. The molecule has 1 N–H and O–H groups in total. The Labute approximate surface area is 161 Å². The molecule has 1 aromatic carbocycles. The molecule has 7 heteroatoms. The van der Waals surface area contributed by atoms with Crippen molar-refractivity contribution in [2.75, 3.05) is 5.32 Å². The molecule has 0 atom stereocenters. The van der Waals surface area contributed by atoms with E-state index in [1.165, 1.54) is 4.88 Å². The quantitative estimate of drug-likeness (QED) is 0.554. The minimum atomic E-state index is -0.155. The van der Waals surface area contributed by atoms with E-state index < -0.39 is 0 Å². The van der Waals surface area contributed by atoms with Crippen LogP contribution < -0.4 is 5.32 Å². The molecule has 0 spiro atoms. The van der Waals surface area contributed by atoms with Crippen molar-refractivity contribution >= 4 is 22.9 Å². The molecule has 6 nitrogen and oxygen atoms in total. The van der Waals surface area contributed by atoms with Crippen LogP contribution in [0.4, 0.5) is 5.69 Å². The van der Waals surface area contributed by atoms with Gasteiger partial charge in [-0.15, -0.1) is 11.3 Å². The van der Waals surface area contributed by atoms with Crippen molar-refractivity contribution < 1.29 is 4.79 Å². The maximum Gasteiger partial charge on any atom is 0.257 e. The maximum atomic E-state index is 12.8. The molecule has 0 bridgehead atoms. The fourth-order valence-electron chi connectivity index (χ4n) is 2.92. The average molecular weight is 377 g/mol. The summed E-state index contributed by atoms with van der Waals surface area (Å²) >= 11 is 1.66. The summed E-state index contributed by atoms with van der Waals surface area (Å²) in [5, 5.41) is 7.29. The van der Waals surface area contributed by atoms with E-state index in [4.69, 9.17) is 0 Å². The van der Waals surface area contributed by atoms with E-state index in [0.29, 0.717) is 11.3 Å². The number of nitrogens with one attached hydrogen (secondary N) is 1. The van der Waals surface area contributed by atoms with E-state index in [2.05, 4.69) is 15.4 Å². The number of carbonyl (C=O) groups is 1. The number of hydrogen-bond acceptors (Lipinski definition) is 4. The first kappa shape index (κ1) is 17.2. The zero-order chi connectivity index (χ0) is 18.6. The predicted octanol–water partition coefficient (Wildman–Crippen LogP) is 3.93. The van der Waals surface area contributed by atoms with Gasteiger partial charge < -0.3 is 9.88 Å². The highest BCUT2D eigenvalue weighted by Crippen LogP contribution is 2.18. The Morgan fingerprint density at radius 2 is 2.00 bits per heavy atom. The molecule has 0 aliphatic heterocycles. The van der Waals surface area contributed by atoms with Crippen LogP contribution in [-0.4, -0.2) is 25.2 Å². The van der Waals surface area contributed by atoms with Gasteiger partial charge in [0.05, 0.1) is 34.3 Å². The third kappa shape index (κ3) is 3.83. The van der Waals surface area contributed by atoms with Gasteiger partial charge in [0.25, 0.3) is 5.91 Å². The largest absolute Gasteiger partial charge is 0.323 e. The van der Waals surface area contributed by atoms with Crippen LogP contribution in [0.2, 0.25) is 0 Å². The van der Waals surface area contributed by atoms with Gasteiger partial charge in [0.15, 0.2) is 0 Å². The third-order valence-electron chi connectivity index (χ3n) is 4.34. The Morgan fingerprint density at radius 3 is 2.78 bits per heavy atom. The SMILES string of the molecule is Cc1ncsc1CCn1cc(NC(=O)c2ccccc2-n2cccc2)cn1.